The Bertz CT molecular complexity index is 1880. The summed E-state index contributed by atoms with van der Waals surface area (Å²) in [7, 11) is 0. The highest BCUT2D eigenvalue weighted by molar-refractivity contribution is 6.02. The third-order valence-electron chi connectivity index (χ3n) is 8.92. The maximum atomic E-state index is 12.6. The summed E-state index contributed by atoms with van der Waals surface area (Å²) in [5.41, 5.74) is 8.70. The minimum absolute atomic E-state index is 0.00335. The van der Waals surface area contributed by atoms with Gasteiger partial charge in [0.2, 0.25) is 11.8 Å². The quantitative estimate of drug-likeness (QED) is 0.234. The smallest absolute Gasteiger partial charge is 0.225 e. The fourth-order valence-electron chi connectivity index (χ4n) is 6.92. The maximum absolute atomic E-state index is 12.6. The van der Waals surface area contributed by atoms with Crippen molar-refractivity contribution in [3.05, 3.63) is 144 Å². The molecule has 2 aliphatic rings. The van der Waals surface area contributed by atoms with Gasteiger partial charge in [-0.2, -0.15) is 0 Å². The van der Waals surface area contributed by atoms with Crippen LogP contribution in [0.15, 0.2) is 121 Å². The van der Waals surface area contributed by atoms with Gasteiger partial charge in [-0.25, -0.2) is 0 Å². The van der Waals surface area contributed by atoms with Crippen LogP contribution in [-0.2, 0) is 9.59 Å². The molecule has 0 saturated carbocycles. The van der Waals surface area contributed by atoms with Crippen LogP contribution < -0.4 is 10.6 Å². The first-order chi connectivity index (χ1) is 20.6. The summed E-state index contributed by atoms with van der Waals surface area (Å²) in [6, 6.07) is 42.2. The Kier molecular flexibility index (Phi) is 5.68. The topological polar surface area (TPSA) is 58.2 Å². The minimum atomic E-state index is 0.00335. The van der Waals surface area contributed by atoms with Crippen molar-refractivity contribution >= 4 is 44.7 Å². The molecule has 0 aromatic heterocycles. The summed E-state index contributed by atoms with van der Waals surface area (Å²) in [5.74, 6) is 0.105. The normalized spacial score (nSPS) is 17.8. The van der Waals surface area contributed by atoms with E-state index in [1.807, 2.05) is 12.1 Å². The third kappa shape index (κ3) is 4.07. The SMILES string of the molecule is O=C1C[C@@H](c2ccc(-c3ccc([C@@H]4CC(=O)Nc5ccc6ccccc6c54)cc3)cc2)c2c(ccc3ccccc23)N1. The fourth-order valence-corrected chi connectivity index (χ4v) is 6.92. The van der Waals surface area contributed by atoms with Crippen LogP contribution in [0.2, 0.25) is 0 Å². The number of anilines is 2. The molecule has 0 fully saturated rings. The summed E-state index contributed by atoms with van der Waals surface area (Å²) >= 11 is 0. The van der Waals surface area contributed by atoms with Gasteiger partial charge in [-0.05, 0) is 67.1 Å². The van der Waals surface area contributed by atoms with Crippen molar-refractivity contribution in [3.8, 4) is 11.1 Å². The van der Waals surface area contributed by atoms with Crippen LogP contribution in [0.1, 0.15) is 46.9 Å². The summed E-state index contributed by atoms with van der Waals surface area (Å²) in [6.45, 7) is 0. The number of amides is 2. The molecule has 6 aromatic carbocycles. The predicted octanol–water partition coefficient (Wildman–Crippen LogP) is 8.61. The Hall–Kier alpha value is -5.22. The zero-order chi connectivity index (χ0) is 28.2. The molecule has 42 heavy (non-hydrogen) atoms. The second-order valence-electron chi connectivity index (χ2n) is 11.3. The molecule has 4 heteroatoms. The number of hydrogen-bond acceptors (Lipinski definition) is 2. The van der Waals surface area contributed by atoms with E-state index < -0.39 is 0 Å². The molecule has 0 aliphatic carbocycles. The molecule has 2 atom stereocenters. The van der Waals surface area contributed by atoms with Crippen LogP contribution in [0, 0.1) is 0 Å². The van der Waals surface area contributed by atoms with E-state index in [9.17, 15) is 9.59 Å². The average Bonchev–Trinajstić information content (AvgIpc) is 3.03. The van der Waals surface area contributed by atoms with Gasteiger partial charge in [0, 0.05) is 36.1 Å². The molecule has 6 aromatic rings. The molecular formula is C38H28N2O2. The second kappa shape index (κ2) is 9.71. The second-order valence-corrected chi connectivity index (χ2v) is 11.3. The van der Waals surface area contributed by atoms with E-state index in [1.165, 1.54) is 32.7 Å². The van der Waals surface area contributed by atoms with Crippen LogP contribution in [0.3, 0.4) is 0 Å². The molecule has 8 rings (SSSR count). The Balaban J connectivity index is 1.12. The number of rotatable bonds is 3. The maximum Gasteiger partial charge on any atom is 0.225 e. The third-order valence-corrected chi connectivity index (χ3v) is 8.92. The summed E-state index contributed by atoms with van der Waals surface area (Å²) < 4.78 is 0. The van der Waals surface area contributed by atoms with Crippen molar-refractivity contribution in [2.45, 2.75) is 24.7 Å². The molecule has 4 nitrogen and oxygen atoms in total. The van der Waals surface area contributed by atoms with Crippen LogP contribution in [-0.4, -0.2) is 11.8 Å². The first kappa shape index (κ1) is 24.6. The Morgan fingerprint density at radius 1 is 0.452 bits per heavy atom. The Labute approximate surface area is 244 Å². The zero-order valence-electron chi connectivity index (χ0n) is 22.9. The lowest BCUT2D eigenvalue weighted by atomic mass is 9.81. The zero-order valence-corrected chi connectivity index (χ0v) is 22.9. The highest BCUT2D eigenvalue weighted by Gasteiger charge is 2.29. The first-order valence-corrected chi connectivity index (χ1v) is 14.5. The number of benzene rings is 6. The van der Waals surface area contributed by atoms with E-state index in [4.69, 9.17) is 0 Å². The lowest BCUT2D eigenvalue weighted by molar-refractivity contribution is -0.117. The van der Waals surface area contributed by atoms with E-state index in [-0.39, 0.29) is 23.7 Å². The largest absolute Gasteiger partial charge is 0.326 e. The van der Waals surface area contributed by atoms with Crippen molar-refractivity contribution in [2.24, 2.45) is 0 Å². The molecular weight excluding hydrogens is 516 g/mol. The summed E-state index contributed by atoms with van der Waals surface area (Å²) in [5, 5.41) is 10.9. The van der Waals surface area contributed by atoms with E-state index in [0.29, 0.717) is 12.8 Å². The average molecular weight is 545 g/mol. The molecule has 0 radical (unpaired) electrons. The van der Waals surface area contributed by atoms with Gasteiger partial charge in [0.05, 0.1) is 0 Å². The molecule has 2 heterocycles. The van der Waals surface area contributed by atoms with Gasteiger partial charge in [0.1, 0.15) is 0 Å². The molecule has 202 valence electrons. The minimum Gasteiger partial charge on any atom is -0.326 e. The molecule has 2 amide bonds. The van der Waals surface area contributed by atoms with Crippen LogP contribution in [0.4, 0.5) is 11.4 Å². The van der Waals surface area contributed by atoms with Gasteiger partial charge in [-0.3, -0.25) is 9.59 Å². The molecule has 0 unspecified atom stereocenters. The van der Waals surface area contributed by atoms with Gasteiger partial charge >= 0.3 is 0 Å². The van der Waals surface area contributed by atoms with Gasteiger partial charge in [0.15, 0.2) is 0 Å². The summed E-state index contributed by atoms with van der Waals surface area (Å²) in [4.78, 5) is 25.3. The van der Waals surface area contributed by atoms with Gasteiger partial charge in [-0.15, -0.1) is 0 Å². The van der Waals surface area contributed by atoms with Crippen LogP contribution in [0.5, 0.6) is 0 Å². The van der Waals surface area contributed by atoms with Crippen molar-refractivity contribution in [2.75, 3.05) is 10.6 Å². The number of fused-ring (bicyclic) bond motifs is 6. The number of carbonyl (C=O) groups excluding carboxylic acids is 2. The molecule has 0 spiro atoms. The highest BCUT2D eigenvalue weighted by atomic mass is 16.2. The molecule has 0 bridgehead atoms. The fraction of sp³-hybridized carbons (Fsp3) is 0.105. The van der Waals surface area contributed by atoms with Crippen molar-refractivity contribution < 1.29 is 9.59 Å². The standard InChI is InChI=1S/C38H28N2O2/c41-35-21-31(37-29-7-3-1-5-25(29)17-19-33(37)39-35)27-13-9-23(10-14-27)24-11-15-28(16-12-24)32-22-36(42)40-34-20-18-26-6-2-4-8-30(26)38(32)34/h1-20,31-32H,21-22H2,(H,39,41)(H,40,42)/t31-,32-/m0/s1. The number of nitrogens with one attached hydrogen (secondary N) is 2. The van der Waals surface area contributed by atoms with Crippen molar-refractivity contribution in [3.63, 3.8) is 0 Å². The number of hydrogen-bond donors (Lipinski definition) is 2. The molecule has 2 N–H and O–H groups in total. The molecule has 2 aliphatic heterocycles. The van der Waals surface area contributed by atoms with Gasteiger partial charge in [0.25, 0.3) is 0 Å². The van der Waals surface area contributed by atoms with E-state index in [2.05, 4.69) is 120 Å². The molecule has 0 saturated heterocycles. The van der Waals surface area contributed by atoms with E-state index in [0.717, 1.165) is 33.6 Å². The predicted molar refractivity (Wildman–Crippen MR) is 170 cm³/mol. The Morgan fingerprint density at radius 2 is 0.857 bits per heavy atom. The monoisotopic (exact) mass is 544 g/mol. The van der Waals surface area contributed by atoms with Gasteiger partial charge < -0.3 is 10.6 Å². The number of carbonyl (C=O) groups is 2. The first-order valence-electron chi connectivity index (χ1n) is 14.5. The lowest BCUT2D eigenvalue weighted by Gasteiger charge is -2.28. The van der Waals surface area contributed by atoms with Crippen molar-refractivity contribution in [1.82, 2.24) is 0 Å². The Morgan fingerprint density at radius 3 is 1.29 bits per heavy atom. The van der Waals surface area contributed by atoms with E-state index in [1.54, 1.807) is 0 Å². The van der Waals surface area contributed by atoms with Crippen LogP contribution in [0.25, 0.3) is 32.7 Å². The van der Waals surface area contributed by atoms with E-state index >= 15 is 0 Å². The summed E-state index contributed by atoms with van der Waals surface area (Å²) in [6.07, 6.45) is 0.861. The lowest BCUT2D eigenvalue weighted by Crippen LogP contribution is -2.23. The van der Waals surface area contributed by atoms with Crippen molar-refractivity contribution in [1.29, 1.82) is 0 Å². The van der Waals surface area contributed by atoms with Gasteiger partial charge in [-0.1, -0.05) is 109 Å². The van der Waals surface area contributed by atoms with Crippen LogP contribution >= 0.6 is 0 Å². The highest BCUT2D eigenvalue weighted by Crippen LogP contribution is 2.43.